The van der Waals surface area contributed by atoms with E-state index in [1.54, 1.807) is 22.9 Å². The van der Waals surface area contributed by atoms with Gasteiger partial charge in [0.25, 0.3) is 5.91 Å². The highest BCUT2D eigenvalue weighted by Gasteiger charge is 2.29. The number of carbonyl (C=O) groups excluding carboxylic acids is 1. The van der Waals surface area contributed by atoms with Crippen molar-refractivity contribution in [2.45, 2.75) is 45.2 Å². The maximum absolute atomic E-state index is 12.5. The first-order valence-electron chi connectivity index (χ1n) is 8.82. The summed E-state index contributed by atoms with van der Waals surface area (Å²) in [6.45, 7) is 4.60. The summed E-state index contributed by atoms with van der Waals surface area (Å²) in [6, 6.07) is 6.14. The Kier molecular flexibility index (Phi) is 5.85. The van der Waals surface area contributed by atoms with Crippen LogP contribution in [0.3, 0.4) is 0 Å². The van der Waals surface area contributed by atoms with E-state index in [1.807, 2.05) is 6.92 Å². The molecular weight excluding hydrogens is 373 g/mol. The Morgan fingerprint density at radius 1 is 1.38 bits per heavy atom. The zero-order valence-electron chi connectivity index (χ0n) is 15.2. The summed E-state index contributed by atoms with van der Waals surface area (Å²) in [7, 11) is 2.09. The summed E-state index contributed by atoms with van der Waals surface area (Å²) in [6.07, 6.45) is 3.07. The highest BCUT2D eigenvalue weighted by molar-refractivity contribution is 6.37. The van der Waals surface area contributed by atoms with Crippen LogP contribution in [-0.2, 0) is 6.42 Å². The summed E-state index contributed by atoms with van der Waals surface area (Å²) in [5.41, 5.74) is 0.543. The van der Waals surface area contributed by atoms with Gasteiger partial charge in [-0.25, -0.2) is 9.67 Å². The molecule has 26 heavy (non-hydrogen) atoms. The fourth-order valence-corrected chi connectivity index (χ4v) is 3.40. The first-order chi connectivity index (χ1) is 12.4. The van der Waals surface area contributed by atoms with Crippen LogP contribution in [0.2, 0.25) is 10.0 Å². The monoisotopic (exact) mass is 395 g/mol. The van der Waals surface area contributed by atoms with Crippen molar-refractivity contribution in [3.8, 4) is 5.69 Å². The van der Waals surface area contributed by atoms with Gasteiger partial charge in [0.2, 0.25) is 5.82 Å². The standard InChI is InChI=1S/C18H23Cl2N5O/c1-4-15-22-17(18(26)21-10-11(2)24(3)12-8-9-12)23-25(15)16-13(19)6-5-7-14(16)20/h5-7,11-12H,4,8-10H2,1-3H3,(H,21,26). The molecule has 0 spiro atoms. The molecule has 1 fully saturated rings. The molecule has 6 nitrogen and oxygen atoms in total. The van der Waals surface area contributed by atoms with E-state index in [9.17, 15) is 4.79 Å². The third kappa shape index (κ3) is 4.03. The fourth-order valence-electron chi connectivity index (χ4n) is 2.84. The van der Waals surface area contributed by atoms with Gasteiger partial charge in [-0.3, -0.25) is 9.69 Å². The van der Waals surface area contributed by atoms with Crippen LogP contribution in [0.5, 0.6) is 0 Å². The minimum Gasteiger partial charge on any atom is -0.348 e. The molecule has 8 heteroatoms. The Labute approximate surface area is 163 Å². The van der Waals surface area contributed by atoms with Crippen LogP contribution >= 0.6 is 23.2 Å². The Morgan fingerprint density at radius 2 is 2.04 bits per heavy atom. The number of carbonyl (C=O) groups is 1. The lowest BCUT2D eigenvalue weighted by Gasteiger charge is -2.24. The normalized spacial score (nSPS) is 15.3. The molecule has 0 bridgehead atoms. The average Bonchev–Trinajstić information content (AvgIpc) is 3.38. The molecule has 1 aromatic heterocycles. The molecule has 1 aliphatic carbocycles. The average molecular weight is 396 g/mol. The maximum Gasteiger partial charge on any atom is 0.291 e. The number of nitrogens with one attached hydrogen (secondary N) is 1. The molecule has 1 atom stereocenters. The first-order valence-corrected chi connectivity index (χ1v) is 9.58. The lowest BCUT2D eigenvalue weighted by Crippen LogP contribution is -2.41. The highest BCUT2D eigenvalue weighted by atomic mass is 35.5. The second-order valence-corrected chi connectivity index (χ2v) is 7.46. The molecule has 0 aliphatic heterocycles. The predicted octanol–water partition coefficient (Wildman–Crippen LogP) is 3.35. The number of rotatable bonds is 7. The van der Waals surface area contributed by atoms with E-state index in [-0.39, 0.29) is 17.8 Å². The number of hydrogen-bond donors (Lipinski definition) is 1. The Hall–Kier alpha value is -1.63. The summed E-state index contributed by atoms with van der Waals surface area (Å²) < 4.78 is 1.55. The lowest BCUT2D eigenvalue weighted by atomic mass is 10.3. The van der Waals surface area contributed by atoms with Crippen LogP contribution in [0.25, 0.3) is 5.69 Å². The maximum atomic E-state index is 12.5. The van der Waals surface area contributed by atoms with Crippen LogP contribution < -0.4 is 5.32 Å². The quantitative estimate of drug-likeness (QED) is 0.780. The van der Waals surface area contributed by atoms with Gasteiger partial charge in [-0.15, -0.1) is 5.10 Å². The fraction of sp³-hybridized carbons (Fsp3) is 0.500. The summed E-state index contributed by atoms with van der Waals surface area (Å²) in [5.74, 6) is 0.463. The number of amides is 1. The van der Waals surface area contributed by atoms with Crippen molar-refractivity contribution >= 4 is 29.1 Å². The van der Waals surface area contributed by atoms with Crippen LogP contribution in [0, 0.1) is 0 Å². The molecule has 1 aliphatic rings. The van der Waals surface area contributed by atoms with Gasteiger partial charge >= 0.3 is 0 Å². The van der Waals surface area contributed by atoms with Crippen molar-refractivity contribution in [2.75, 3.05) is 13.6 Å². The van der Waals surface area contributed by atoms with E-state index < -0.39 is 0 Å². The van der Waals surface area contributed by atoms with E-state index in [0.29, 0.717) is 40.6 Å². The molecule has 0 saturated heterocycles. The van der Waals surface area contributed by atoms with Gasteiger partial charge in [0.1, 0.15) is 11.5 Å². The molecule has 1 heterocycles. The van der Waals surface area contributed by atoms with Gasteiger partial charge in [-0.05, 0) is 38.9 Å². The van der Waals surface area contributed by atoms with Crippen LogP contribution in [0.4, 0.5) is 0 Å². The van der Waals surface area contributed by atoms with Crippen molar-refractivity contribution in [1.29, 1.82) is 0 Å². The zero-order valence-corrected chi connectivity index (χ0v) is 16.7. The number of likely N-dealkylation sites (N-methyl/N-ethyl adjacent to an activating group) is 1. The third-order valence-electron chi connectivity index (χ3n) is 4.72. The van der Waals surface area contributed by atoms with E-state index in [4.69, 9.17) is 23.2 Å². The molecule has 1 saturated carbocycles. The van der Waals surface area contributed by atoms with Crippen LogP contribution in [-0.4, -0.2) is 51.2 Å². The Bertz CT molecular complexity index is 783. The molecule has 0 radical (unpaired) electrons. The van der Waals surface area contributed by atoms with Gasteiger partial charge in [0.05, 0.1) is 10.0 Å². The Morgan fingerprint density at radius 3 is 2.62 bits per heavy atom. The molecule has 1 amide bonds. The van der Waals surface area contributed by atoms with Crippen molar-refractivity contribution in [1.82, 2.24) is 25.0 Å². The number of halogens is 2. The predicted molar refractivity (Wildman–Crippen MR) is 103 cm³/mol. The van der Waals surface area contributed by atoms with Crippen molar-refractivity contribution in [2.24, 2.45) is 0 Å². The second-order valence-electron chi connectivity index (χ2n) is 6.64. The van der Waals surface area contributed by atoms with E-state index in [1.165, 1.54) is 12.8 Å². The highest BCUT2D eigenvalue weighted by Crippen LogP contribution is 2.29. The SMILES string of the molecule is CCc1nc(C(=O)NCC(C)N(C)C2CC2)nn1-c1c(Cl)cccc1Cl. The topological polar surface area (TPSA) is 63.1 Å². The molecule has 1 N–H and O–H groups in total. The molecule has 1 aromatic carbocycles. The number of aromatic nitrogens is 3. The van der Waals surface area contributed by atoms with Crippen LogP contribution in [0.15, 0.2) is 18.2 Å². The minimum absolute atomic E-state index is 0.124. The molecule has 2 aromatic rings. The van der Waals surface area contributed by atoms with Crippen molar-refractivity contribution in [3.05, 3.63) is 39.9 Å². The lowest BCUT2D eigenvalue weighted by molar-refractivity contribution is 0.0929. The van der Waals surface area contributed by atoms with Crippen LogP contribution in [0.1, 0.15) is 43.1 Å². The smallest absolute Gasteiger partial charge is 0.291 e. The largest absolute Gasteiger partial charge is 0.348 e. The van der Waals surface area contributed by atoms with Gasteiger partial charge in [-0.2, -0.15) is 0 Å². The molecule has 1 unspecified atom stereocenters. The number of nitrogens with zero attached hydrogens (tertiary/aromatic N) is 4. The molecular formula is C18H23Cl2N5O. The number of hydrogen-bond acceptors (Lipinski definition) is 4. The van der Waals surface area contributed by atoms with E-state index in [0.717, 1.165) is 0 Å². The van der Waals surface area contributed by atoms with E-state index in [2.05, 4.69) is 34.3 Å². The van der Waals surface area contributed by atoms with Gasteiger partial charge in [0, 0.05) is 25.0 Å². The first kappa shape index (κ1) is 19.1. The van der Waals surface area contributed by atoms with Gasteiger partial charge in [-0.1, -0.05) is 36.2 Å². The summed E-state index contributed by atoms with van der Waals surface area (Å²) in [5, 5.41) is 8.20. The number of aryl methyl sites for hydroxylation is 1. The number of para-hydroxylation sites is 1. The van der Waals surface area contributed by atoms with E-state index >= 15 is 0 Å². The van der Waals surface area contributed by atoms with Gasteiger partial charge in [0.15, 0.2) is 0 Å². The third-order valence-corrected chi connectivity index (χ3v) is 5.33. The number of benzene rings is 1. The zero-order chi connectivity index (χ0) is 18.8. The van der Waals surface area contributed by atoms with Crippen molar-refractivity contribution in [3.63, 3.8) is 0 Å². The van der Waals surface area contributed by atoms with Gasteiger partial charge < -0.3 is 5.32 Å². The minimum atomic E-state index is -0.294. The second kappa shape index (κ2) is 7.94. The Balaban J connectivity index is 1.76. The van der Waals surface area contributed by atoms with Crippen molar-refractivity contribution < 1.29 is 4.79 Å². The molecule has 3 rings (SSSR count). The molecule has 140 valence electrons. The summed E-state index contributed by atoms with van der Waals surface area (Å²) >= 11 is 12.6. The summed E-state index contributed by atoms with van der Waals surface area (Å²) in [4.78, 5) is 19.2.